The Morgan fingerprint density at radius 2 is 1.83 bits per heavy atom. The lowest BCUT2D eigenvalue weighted by molar-refractivity contribution is -0.144. The second kappa shape index (κ2) is 7.49. The monoisotopic (exact) mass is 313 g/mol. The van der Waals surface area contributed by atoms with E-state index in [2.05, 4.69) is 15.3 Å². The lowest BCUT2D eigenvalue weighted by atomic mass is 10.1. The van der Waals surface area contributed by atoms with Gasteiger partial charge in [0.25, 0.3) is 5.91 Å². The van der Waals surface area contributed by atoms with Crippen LogP contribution in [0.3, 0.4) is 0 Å². The molecular weight excluding hydrogens is 294 g/mol. The van der Waals surface area contributed by atoms with Crippen molar-refractivity contribution in [3.8, 4) is 11.4 Å². The summed E-state index contributed by atoms with van der Waals surface area (Å²) in [6, 6.07) is 6.31. The highest BCUT2D eigenvalue weighted by Crippen LogP contribution is 2.16. The first kappa shape index (κ1) is 16.6. The van der Waals surface area contributed by atoms with E-state index in [-0.39, 0.29) is 12.5 Å². The summed E-state index contributed by atoms with van der Waals surface area (Å²) < 4.78 is 4.87. The summed E-state index contributed by atoms with van der Waals surface area (Å²) >= 11 is 0. The van der Waals surface area contributed by atoms with Crippen LogP contribution in [0.15, 0.2) is 36.7 Å². The van der Waals surface area contributed by atoms with Crippen LogP contribution >= 0.6 is 0 Å². The van der Waals surface area contributed by atoms with Crippen LogP contribution in [-0.4, -0.2) is 34.5 Å². The molecule has 0 aromatic carbocycles. The minimum Gasteiger partial charge on any atom is -0.464 e. The number of carbonyl (C=O) groups excluding carboxylic acids is 2. The predicted molar refractivity (Wildman–Crippen MR) is 85.8 cm³/mol. The third-order valence-electron chi connectivity index (χ3n) is 3.19. The van der Waals surface area contributed by atoms with Crippen LogP contribution < -0.4 is 5.32 Å². The van der Waals surface area contributed by atoms with E-state index in [1.807, 2.05) is 19.1 Å². The van der Waals surface area contributed by atoms with Crippen LogP contribution in [0.1, 0.15) is 29.8 Å². The van der Waals surface area contributed by atoms with Crippen molar-refractivity contribution in [3.05, 3.63) is 47.8 Å². The second-order valence-corrected chi connectivity index (χ2v) is 5.10. The summed E-state index contributed by atoms with van der Waals surface area (Å²) in [4.78, 5) is 32.3. The van der Waals surface area contributed by atoms with Crippen LogP contribution in [0.5, 0.6) is 0 Å². The SMILES string of the molecule is CCOC(=O)[C@H](C)NC(=O)c1ccnc(-c2cc(C)ccn2)c1. The number of carbonyl (C=O) groups is 2. The molecule has 0 aliphatic heterocycles. The molecule has 0 bridgehead atoms. The first-order valence-corrected chi connectivity index (χ1v) is 7.38. The van der Waals surface area contributed by atoms with E-state index in [0.29, 0.717) is 17.0 Å². The Kier molecular flexibility index (Phi) is 5.41. The van der Waals surface area contributed by atoms with Crippen molar-refractivity contribution in [3.63, 3.8) is 0 Å². The molecule has 0 aliphatic carbocycles. The largest absolute Gasteiger partial charge is 0.464 e. The maximum absolute atomic E-state index is 12.2. The van der Waals surface area contributed by atoms with Gasteiger partial charge in [0, 0.05) is 18.0 Å². The van der Waals surface area contributed by atoms with Gasteiger partial charge in [-0.2, -0.15) is 0 Å². The van der Waals surface area contributed by atoms with Gasteiger partial charge in [-0.3, -0.25) is 14.8 Å². The third kappa shape index (κ3) is 4.35. The number of esters is 1. The van der Waals surface area contributed by atoms with Crippen LogP contribution in [0.4, 0.5) is 0 Å². The van der Waals surface area contributed by atoms with Crippen LogP contribution in [-0.2, 0) is 9.53 Å². The molecule has 1 amide bonds. The maximum atomic E-state index is 12.2. The van der Waals surface area contributed by atoms with Crippen molar-refractivity contribution in [1.82, 2.24) is 15.3 Å². The molecule has 0 unspecified atom stereocenters. The summed E-state index contributed by atoms with van der Waals surface area (Å²) in [7, 11) is 0. The highest BCUT2D eigenvalue weighted by atomic mass is 16.5. The molecule has 0 radical (unpaired) electrons. The van der Waals surface area contributed by atoms with Gasteiger partial charge in [-0.25, -0.2) is 4.79 Å². The van der Waals surface area contributed by atoms with E-state index in [1.165, 1.54) is 0 Å². The molecule has 0 saturated heterocycles. The van der Waals surface area contributed by atoms with Crippen LogP contribution in [0.25, 0.3) is 11.4 Å². The molecule has 23 heavy (non-hydrogen) atoms. The summed E-state index contributed by atoms with van der Waals surface area (Å²) in [5.74, 6) is -0.822. The van der Waals surface area contributed by atoms with Gasteiger partial charge in [0.2, 0.25) is 0 Å². The first-order valence-electron chi connectivity index (χ1n) is 7.38. The molecular formula is C17H19N3O3. The Hall–Kier alpha value is -2.76. The number of hydrogen-bond acceptors (Lipinski definition) is 5. The molecule has 2 aromatic rings. The van der Waals surface area contributed by atoms with Crippen molar-refractivity contribution < 1.29 is 14.3 Å². The fourth-order valence-corrected chi connectivity index (χ4v) is 1.99. The lowest BCUT2D eigenvalue weighted by Crippen LogP contribution is -2.39. The molecule has 120 valence electrons. The summed E-state index contributed by atoms with van der Waals surface area (Å²) in [6.07, 6.45) is 3.24. The highest BCUT2D eigenvalue weighted by molar-refractivity contribution is 5.97. The number of nitrogens with one attached hydrogen (secondary N) is 1. The molecule has 6 heteroatoms. The molecule has 0 fully saturated rings. The Morgan fingerprint density at radius 3 is 2.48 bits per heavy atom. The molecule has 2 aromatic heterocycles. The zero-order chi connectivity index (χ0) is 16.8. The van der Waals surface area contributed by atoms with Gasteiger partial charge < -0.3 is 10.1 Å². The average Bonchev–Trinajstić information content (AvgIpc) is 2.55. The number of nitrogens with zero attached hydrogens (tertiary/aromatic N) is 2. The van der Waals surface area contributed by atoms with E-state index < -0.39 is 12.0 Å². The molecule has 1 atom stereocenters. The number of hydrogen-bond donors (Lipinski definition) is 1. The van der Waals surface area contributed by atoms with E-state index in [4.69, 9.17) is 4.74 Å². The van der Waals surface area contributed by atoms with E-state index >= 15 is 0 Å². The number of rotatable bonds is 5. The predicted octanol–water partition coefficient (Wildman–Crippen LogP) is 2.13. The third-order valence-corrected chi connectivity index (χ3v) is 3.19. The normalized spacial score (nSPS) is 11.6. The number of amides is 1. The van der Waals surface area contributed by atoms with Gasteiger partial charge in [0.15, 0.2) is 0 Å². The summed E-state index contributed by atoms with van der Waals surface area (Å²) in [5.41, 5.74) is 2.76. The van der Waals surface area contributed by atoms with Gasteiger partial charge in [-0.05, 0) is 50.6 Å². The molecule has 1 N–H and O–H groups in total. The fraction of sp³-hybridized carbons (Fsp3) is 0.294. The van der Waals surface area contributed by atoms with Gasteiger partial charge >= 0.3 is 5.97 Å². The lowest BCUT2D eigenvalue weighted by Gasteiger charge is -2.12. The van der Waals surface area contributed by atoms with Gasteiger partial charge in [-0.15, -0.1) is 0 Å². The molecule has 6 nitrogen and oxygen atoms in total. The fourth-order valence-electron chi connectivity index (χ4n) is 1.99. The zero-order valence-corrected chi connectivity index (χ0v) is 13.4. The van der Waals surface area contributed by atoms with E-state index in [0.717, 1.165) is 5.56 Å². The quantitative estimate of drug-likeness (QED) is 0.855. The van der Waals surface area contributed by atoms with E-state index in [9.17, 15) is 9.59 Å². The Labute approximate surface area is 134 Å². The minimum absolute atomic E-state index is 0.275. The van der Waals surface area contributed by atoms with E-state index in [1.54, 1.807) is 38.4 Å². The van der Waals surface area contributed by atoms with Crippen molar-refractivity contribution in [2.24, 2.45) is 0 Å². The average molecular weight is 313 g/mol. The number of aryl methyl sites for hydroxylation is 1. The van der Waals surface area contributed by atoms with Crippen molar-refractivity contribution in [1.29, 1.82) is 0 Å². The number of ether oxygens (including phenoxy) is 1. The first-order chi connectivity index (χ1) is 11.0. The second-order valence-electron chi connectivity index (χ2n) is 5.10. The molecule has 2 heterocycles. The Balaban J connectivity index is 2.16. The molecule has 0 spiro atoms. The van der Waals surface area contributed by atoms with Gasteiger partial charge in [-0.1, -0.05) is 0 Å². The van der Waals surface area contributed by atoms with Gasteiger partial charge in [0.1, 0.15) is 6.04 Å². The highest BCUT2D eigenvalue weighted by Gasteiger charge is 2.18. The molecule has 0 aliphatic rings. The van der Waals surface area contributed by atoms with Crippen molar-refractivity contribution in [2.75, 3.05) is 6.61 Å². The zero-order valence-electron chi connectivity index (χ0n) is 13.4. The van der Waals surface area contributed by atoms with Crippen LogP contribution in [0.2, 0.25) is 0 Å². The standard InChI is InChI=1S/C17H19N3O3/c1-4-23-17(22)12(3)20-16(21)13-6-8-19-15(10-13)14-9-11(2)5-7-18-14/h5-10,12H,4H2,1-3H3,(H,20,21)/t12-/m0/s1. The smallest absolute Gasteiger partial charge is 0.328 e. The Morgan fingerprint density at radius 1 is 1.17 bits per heavy atom. The minimum atomic E-state index is -0.712. The Bertz CT molecular complexity index is 716. The summed E-state index contributed by atoms with van der Waals surface area (Å²) in [5, 5.41) is 2.61. The molecule has 0 saturated carbocycles. The maximum Gasteiger partial charge on any atom is 0.328 e. The molecule has 2 rings (SSSR count). The number of pyridine rings is 2. The number of aromatic nitrogens is 2. The van der Waals surface area contributed by atoms with Crippen molar-refractivity contribution in [2.45, 2.75) is 26.8 Å². The summed E-state index contributed by atoms with van der Waals surface area (Å²) in [6.45, 7) is 5.54. The van der Waals surface area contributed by atoms with Crippen LogP contribution in [0, 0.1) is 6.92 Å². The van der Waals surface area contributed by atoms with Crippen molar-refractivity contribution >= 4 is 11.9 Å². The van der Waals surface area contributed by atoms with Gasteiger partial charge in [0.05, 0.1) is 18.0 Å². The topological polar surface area (TPSA) is 81.2 Å².